The molecule has 3 aromatic carbocycles. The number of H-pyrrole nitrogens is 1. The van der Waals surface area contributed by atoms with Gasteiger partial charge >= 0.3 is 0 Å². The van der Waals surface area contributed by atoms with Crippen LogP contribution in [0.25, 0.3) is 11.0 Å². The predicted molar refractivity (Wildman–Crippen MR) is 123 cm³/mol. The molecule has 1 amide bonds. The lowest BCUT2D eigenvalue weighted by atomic mass is 10.1. The standard InChI is InChI=1S/C24H23N5O2/c1-2-31-20-13-9-18(10-14-20)16-26-29-23(30)19-11-7-17(8-12-19)15-25-24-27-21-5-3-4-6-22(21)28-24/h3-14,16H,2,15H2,1H3,(H,29,30)(H2,25,27,28)/b26-16+. The van der Waals surface area contributed by atoms with Crippen molar-refractivity contribution >= 4 is 29.1 Å². The van der Waals surface area contributed by atoms with Crippen LogP contribution in [0, 0.1) is 0 Å². The number of hydrazone groups is 1. The summed E-state index contributed by atoms with van der Waals surface area (Å²) < 4.78 is 5.40. The highest BCUT2D eigenvalue weighted by molar-refractivity contribution is 5.94. The quantitative estimate of drug-likeness (QED) is 0.296. The van der Waals surface area contributed by atoms with E-state index in [1.165, 1.54) is 0 Å². The van der Waals surface area contributed by atoms with Crippen molar-refractivity contribution < 1.29 is 9.53 Å². The van der Waals surface area contributed by atoms with Crippen molar-refractivity contribution in [3.8, 4) is 5.75 Å². The number of anilines is 1. The Balaban J connectivity index is 1.29. The van der Waals surface area contributed by atoms with Gasteiger partial charge in [-0.1, -0.05) is 24.3 Å². The van der Waals surface area contributed by atoms with Crippen LogP contribution in [0.3, 0.4) is 0 Å². The molecule has 7 nitrogen and oxygen atoms in total. The molecule has 4 rings (SSSR count). The summed E-state index contributed by atoms with van der Waals surface area (Å²) in [5, 5.41) is 7.29. The Morgan fingerprint density at radius 2 is 1.84 bits per heavy atom. The summed E-state index contributed by atoms with van der Waals surface area (Å²) in [6.07, 6.45) is 1.60. The van der Waals surface area contributed by atoms with E-state index in [1.807, 2.05) is 67.6 Å². The van der Waals surface area contributed by atoms with Gasteiger partial charge in [0, 0.05) is 12.1 Å². The first kappa shape index (κ1) is 20.2. The number of ether oxygens (including phenoxy) is 1. The Bertz CT molecular complexity index is 1150. The SMILES string of the molecule is CCOc1ccc(/C=N/NC(=O)c2ccc(CNc3nc4ccccc4[nH]3)cc2)cc1. The molecule has 31 heavy (non-hydrogen) atoms. The smallest absolute Gasteiger partial charge is 0.271 e. The number of imidazole rings is 1. The Morgan fingerprint density at radius 1 is 1.06 bits per heavy atom. The van der Waals surface area contributed by atoms with E-state index in [0.717, 1.165) is 27.9 Å². The van der Waals surface area contributed by atoms with E-state index in [0.29, 0.717) is 24.7 Å². The van der Waals surface area contributed by atoms with Crippen molar-refractivity contribution in [1.29, 1.82) is 0 Å². The summed E-state index contributed by atoms with van der Waals surface area (Å²) in [4.78, 5) is 20.0. The largest absolute Gasteiger partial charge is 0.494 e. The number of benzene rings is 3. The second-order valence-electron chi connectivity index (χ2n) is 6.85. The van der Waals surface area contributed by atoms with E-state index in [9.17, 15) is 4.79 Å². The van der Waals surface area contributed by atoms with Crippen molar-refractivity contribution in [1.82, 2.24) is 15.4 Å². The van der Waals surface area contributed by atoms with Gasteiger partial charge in [0.15, 0.2) is 0 Å². The number of nitrogens with zero attached hydrogens (tertiary/aromatic N) is 2. The molecule has 0 spiro atoms. The summed E-state index contributed by atoms with van der Waals surface area (Å²) in [7, 11) is 0. The van der Waals surface area contributed by atoms with Crippen molar-refractivity contribution in [2.75, 3.05) is 11.9 Å². The third kappa shape index (κ3) is 5.27. The Morgan fingerprint density at radius 3 is 2.58 bits per heavy atom. The van der Waals surface area contributed by atoms with Gasteiger partial charge in [-0.25, -0.2) is 10.4 Å². The zero-order valence-corrected chi connectivity index (χ0v) is 17.1. The highest BCUT2D eigenvalue weighted by atomic mass is 16.5. The number of fused-ring (bicyclic) bond motifs is 1. The minimum absolute atomic E-state index is 0.265. The molecule has 4 aromatic rings. The molecule has 156 valence electrons. The van der Waals surface area contributed by atoms with Crippen molar-refractivity contribution in [2.24, 2.45) is 5.10 Å². The molecule has 0 aliphatic heterocycles. The topological polar surface area (TPSA) is 91.4 Å². The van der Waals surface area contributed by atoms with Gasteiger partial charge in [0.25, 0.3) is 5.91 Å². The molecule has 1 heterocycles. The number of carbonyl (C=O) groups is 1. The summed E-state index contributed by atoms with van der Waals surface area (Å²) in [6.45, 7) is 3.16. The van der Waals surface area contributed by atoms with Gasteiger partial charge in [0.1, 0.15) is 5.75 Å². The van der Waals surface area contributed by atoms with Crippen LogP contribution in [0.1, 0.15) is 28.4 Å². The maximum atomic E-state index is 12.3. The van der Waals surface area contributed by atoms with E-state index in [1.54, 1.807) is 18.3 Å². The lowest BCUT2D eigenvalue weighted by molar-refractivity contribution is 0.0955. The summed E-state index contributed by atoms with van der Waals surface area (Å²) >= 11 is 0. The molecule has 0 aliphatic carbocycles. The summed E-state index contributed by atoms with van der Waals surface area (Å²) in [5.41, 5.74) is 6.90. The molecular weight excluding hydrogens is 390 g/mol. The van der Waals surface area contributed by atoms with Crippen LogP contribution >= 0.6 is 0 Å². The van der Waals surface area contributed by atoms with Gasteiger partial charge < -0.3 is 15.0 Å². The lowest BCUT2D eigenvalue weighted by Gasteiger charge is -2.05. The first-order valence-electron chi connectivity index (χ1n) is 10.0. The summed E-state index contributed by atoms with van der Waals surface area (Å²) in [5.74, 6) is 1.25. The molecule has 0 atom stereocenters. The third-order valence-corrected chi connectivity index (χ3v) is 4.64. The molecular formula is C24H23N5O2. The number of amides is 1. The zero-order chi connectivity index (χ0) is 21.5. The fourth-order valence-electron chi connectivity index (χ4n) is 3.04. The van der Waals surface area contributed by atoms with Gasteiger partial charge in [0.05, 0.1) is 23.9 Å². The number of rotatable bonds is 8. The molecule has 0 saturated heterocycles. The first-order valence-corrected chi connectivity index (χ1v) is 10.0. The number of hydrogen-bond acceptors (Lipinski definition) is 5. The fourth-order valence-corrected chi connectivity index (χ4v) is 3.04. The van der Waals surface area contributed by atoms with Gasteiger partial charge in [-0.05, 0) is 66.6 Å². The molecule has 0 fully saturated rings. The number of para-hydroxylation sites is 2. The van der Waals surface area contributed by atoms with Gasteiger partial charge in [-0.15, -0.1) is 0 Å². The maximum absolute atomic E-state index is 12.3. The van der Waals surface area contributed by atoms with Gasteiger partial charge in [-0.2, -0.15) is 5.10 Å². The maximum Gasteiger partial charge on any atom is 0.271 e. The third-order valence-electron chi connectivity index (χ3n) is 4.64. The minimum atomic E-state index is -0.265. The van der Waals surface area contributed by atoms with E-state index in [2.05, 4.69) is 25.8 Å². The molecule has 0 saturated carbocycles. The van der Waals surface area contributed by atoms with Crippen molar-refractivity contribution in [2.45, 2.75) is 13.5 Å². The monoisotopic (exact) mass is 413 g/mol. The van der Waals surface area contributed by atoms with Crippen LogP contribution in [0.5, 0.6) is 5.75 Å². The first-order chi connectivity index (χ1) is 15.2. The van der Waals surface area contributed by atoms with Crippen LogP contribution in [0.2, 0.25) is 0 Å². The molecule has 7 heteroatoms. The van der Waals surface area contributed by atoms with Crippen molar-refractivity contribution in [3.63, 3.8) is 0 Å². The van der Waals surface area contributed by atoms with Crippen LogP contribution in [0.4, 0.5) is 5.95 Å². The van der Waals surface area contributed by atoms with Crippen LogP contribution in [-0.4, -0.2) is 28.7 Å². The van der Waals surface area contributed by atoms with E-state index in [-0.39, 0.29) is 5.91 Å². The number of aromatic amines is 1. The lowest BCUT2D eigenvalue weighted by Crippen LogP contribution is -2.17. The second kappa shape index (κ2) is 9.58. The average Bonchev–Trinajstić information content (AvgIpc) is 3.22. The molecule has 0 unspecified atom stereocenters. The predicted octanol–water partition coefficient (Wildman–Crippen LogP) is 4.34. The Hall–Kier alpha value is -4.13. The Labute approximate surface area is 180 Å². The van der Waals surface area contributed by atoms with E-state index < -0.39 is 0 Å². The molecule has 1 aromatic heterocycles. The molecule has 0 bridgehead atoms. The molecule has 0 radical (unpaired) electrons. The van der Waals surface area contributed by atoms with Crippen LogP contribution in [0.15, 0.2) is 77.9 Å². The fraction of sp³-hybridized carbons (Fsp3) is 0.125. The number of hydrogen-bond donors (Lipinski definition) is 3. The molecule has 3 N–H and O–H groups in total. The average molecular weight is 413 g/mol. The summed E-state index contributed by atoms with van der Waals surface area (Å²) in [6, 6.07) is 22.7. The number of carbonyl (C=O) groups excluding carboxylic acids is 1. The second-order valence-corrected chi connectivity index (χ2v) is 6.85. The minimum Gasteiger partial charge on any atom is -0.494 e. The number of nitrogens with one attached hydrogen (secondary N) is 3. The normalized spacial score (nSPS) is 11.0. The van der Waals surface area contributed by atoms with Crippen molar-refractivity contribution in [3.05, 3.63) is 89.5 Å². The zero-order valence-electron chi connectivity index (χ0n) is 17.1. The van der Waals surface area contributed by atoms with E-state index in [4.69, 9.17) is 4.74 Å². The van der Waals surface area contributed by atoms with E-state index >= 15 is 0 Å². The van der Waals surface area contributed by atoms with Gasteiger partial charge in [-0.3, -0.25) is 4.79 Å². The molecule has 0 aliphatic rings. The van der Waals surface area contributed by atoms with Gasteiger partial charge in [0.2, 0.25) is 5.95 Å². The van der Waals surface area contributed by atoms with Crippen LogP contribution in [-0.2, 0) is 6.54 Å². The van der Waals surface area contributed by atoms with Crippen LogP contribution < -0.4 is 15.5 Å². The number of aromatic nitrogens is 2. The Kier molecular flexibility index (Phi) is 6.23. The highest BCUT2D eigenvalue weighted by Gasteiger charge is 2.05. The highest BCUT2D eigenvalue weighted by Crippen LogP contribution is 2.14.